The second-order valence-electron chi connectivity index (χ2n) is 6.53. The molecule has 7 nitrogen and oxygen atoms in total. The summed E-state index contributed by atoms with van der Waals surface area (Å²) in [5.74, 6) is 0.702. The van der Waals surface area contributed by atoms with Crippen LogP contribution in [0.3, 0.4) is 0 Å². The van der Waals surface area contributed by atoms with Gasteiger partial charge in [0.2, 0.25) is 17.6 Å². The average Bonchev–Trinajstić information content (AvgIpc) is 3.36. The van der Waals surface area contributed by atoms with Gasteiger partial charge in [-0.15, -0.1) is 0 Å². The molecule has 29 heavy (non-hydrogen) atoms. The molecule has 1 saturated heterocycles. The van der Waals surface area contributed by atoms with Crippen LogP contribution < -0.4 is 14.4 Å². The number of hydrogen-bond acceptors (Lipinski definition) is 6. The summed E-state index contributed by atoms with van der Waals surface area (Å²) in [6.07, 6.45) is 0.138. The van der Waals surface area contributed by atoms with Crippen molar-refractivity contribution in [1.82, 2.24) is 10.1 Å². The predicted octanol–water partition coefficient (Wildman–Crippen LogP) is 4.07. The van der Waals surface area contributed by atoms with Gasteiger partial charge in [-0.1, -0.05) is 16.8 Å². The maximum absolute atomic E-state index is 14.2. The highest BCUT2D eigenvalue weighted by atomic mass is 35.5. The van der Waals surface area contributed by atoms with Gasteiger partial charge >= 0.3 is 0 Å². The molecule has 0 aliphatic carbocycles. The fourth-order valence-electron chi connectivity index (χ4n) is 3.29. The quantitative estimate of drug-likeness (QED) is 0.622. The number of carbonyl (C=O) groups is 1. The molecule has 150 valence electrons. The number of aromatic nitrogens is 2. The molecule has 1 atom stereocenters. The molecule has 1 aliphatic rings. The Balaban J connectivity index is 1.58. The fourth-order valence-corrected chi connectivity index (χ4v) is 3.46. The molecule has 1 unspecified atom stereocenters. The van der Waals surface area contributed by atoms with Gasteiger partial charge in [0.15, 0.2) is 11.5 Å². The van der Waals surface area contributed by atoms with Crippen LogP contribution in [0.25, 0.3) is 11.4 Å². The van der Waals surface area contributed by atoms with Crippen molar-refractivity contribution in [2.24, 2.45) is 0 Å². The van der Waals surface area contributed by atoms with E-state index in [4.69, 9.17) is 25.6 Å². The summed E-state index contributed by atoms with van der Waals surface area (Å²) in [7, 11) is 3.09. The number of benzene rings is 2. The SMILES string of the molecule is COc1ccc(-c2noc(C3CC(=O)N(c4cc(Cl)ccc4F)C3)n2)cc1OC. The topological polar surface area (TPSA) is 77.7 Å². The monoisotopic (exact) mass is 417 g/mol. The van der Waals surface area contributed by atoms with E-state index in [-0.39, 0.29) is 30.5 Å². The van der Waals surface area contributed by atoms with Gasteiger partial charge in [-0.3, -0.25) is 4.79 Å². The lowest BCUT2D eigenvalue weighted by molar-refractivity contribution is -0.117. The molecule has 9 heteroatoms. The zero-order chi connectivity index (χ0) is 20.5. The molecular weight excluding hydrogens is 401 g/mol. The molecule has 2 aromatic carbocycles. The molecule has 0 spiro atoms. The lowest BCUT2D eigenvalue weighted by Crippen LogP contribution is -2.25. The van der Waals surface area contributed by atoms with E-state index in [0.29, 0.717) is 33.8 Å². The van der Waals surface area contributed by atoms with Gasteiger partial charge < -0.3 is 18.9 Å². The predicted molar refractivity (Wildman–Crippen MR) is 104 cm³/mol. The van der Waals surface area contributed by atoms with Gasteiger partial charge in [-0.05, 0) is 36.4 Å². The molecule has 1 amide bonds. The Morgan fingerprint density at radius 1 is 1.17 bits per heavy atom. The molecule has 4 rings (SSSR count). The van der Waals surface area contributed by atoms with E-state index in [9.17, 15) is 9.18 Å². The summed E-state index contributed by atoms with van der Waals surface area (Å²) < 4.78 is 30.1. The molecule has 0 saturated carbocycles. The van der Waals surface area contributed by atoms with E-state index in [2.05, 4.69) is 10.1 Å². The minimum absolute atomic E-state index is 0.138. The maximum atomic E-state index is 14.2. The summed E-state index contributed by atoms with van der Waals surface area (Å²) >= 11 is 5.95. The Morgan fingerprint density at radius 3 is 2.72 bits per heavy atom. The van der Waals surface area contributed by atoms with Crippen molar-refractivity contribution in [2.75, 3.05) is 25.7 Å². The third kappa shape index (κ3) is 3.63. The Kier molecular flexibility index (Phi) is 5.10. The van der Waals surface area contributed by atoms with Crippen molar-refractivity contribution in [3.8, 4) is 22.9 Å². The summed E-state index contributed by atoms with van der Waals surface area (Å²) in [6.45, 7) is 0.226. The highest BCUT2D eigenvalue weighted by molar-refractivity contribution is 6.31. The first-order chi connectivity index (χ1) is 14.0. The molecule has 3 aromatic rings. The molecule has 0 radical (unpaired) electrons. The van der Waals surface area contributed by atoms with Gasteiger partial charge in [0.25, 0.3) is 0 Å². The van der Waals surface area contributed by atoms with Crippen molar-refractivity contribution in [1.29, 1.82) is 0 Å². The van der Waals surface area contributed by atoms with Crippen LogP contribution in [0, 0.1) is 5.82 Å². The van der Waals surface area contributed by atoms with Gasteiger partial charge in [-0.25, -0.2) is 4.39 Å². The molecule has 1 aromatic heterocycles. The third-order valence-electron chi connectivity index (χ3n) is 4.76. The number of nitrogens with zero attached hydrogens (tertiary/aromatic N) is 3. The van der Waals surface area contributed by atoms with Crippen LogP contribution >= 0.6 is 11.6 Å². The van der Waals surface area contributed by atoms with Crippen molar-refractivity contribution in [2.45, 2.75) is 12.3 Å². The fraction of sp³-hybridized carbons (Fsp3) is 0.250. The van der Waals surface area contributed by atoms with Crippen LogP contribution in [0.15, 0.2) is 40.9 Å². The highest BCUT2D eigenvalue weighted by Gasteiger charge is 2.36. The van der Waals surface area contributed by atoms with E-state index < -0.39 is 5.82 Å². The molecular formula is C20H17ClFN3O4. The van der Waals surface area contributed by atoms with E-state index in [1.54, 1.807) is 25.3 Å². The van der Waals surface area contributed by atoms with Gasteiger partial charge in [-0.2, -0.15) is 4.98 Å². The maximum Gasteiger partial charge on any atom is 0.232 e. The van der Waals surface area contributed by atoms with Gasteiger partial charge in [0.1, 0.15) is 5.82 Å². The number of hydrogen-bond donors (Lipinski definition) is 0. The number of halogens is 2. The number of carbonyl (C=O) groups excluding carboxylic acids is 1. The summed E-state index contributed by atoms with van der Waals surface area (Å²) in [5, 5.41) is 4.36. The summed E-state index contributed by atoms with van der Waals surface area (Å²) in [6, 6.07) is 9.36. The van der Waals surface area contributed by atoms with Crippen LogP contribution in [0.1, 0.15) is 18.2 Å². The number of amides is 1. The molecule has 0 N–H and O–H groups in total. The normalized spacial score (nSPS) is 16.3. The first-order valence-corrected chi connectivity index (χ1v) is 9.19. The van der Waals surface area contributed by atoms with Crippen LogP contribution in [0.4, 0.5) is 10.1 Å². The van der Waals surface area contributed by atoms with E-state index in [0.717, 1.165) is 0 Å². The summed E-state index contributed by atoms with van der Waals surface area (Å²) in [4.78, 5) is 18.2. The number of ether oxygens (including phenoxy) is 2. The Labute approximate surface area is 171 Å². The van der Waals surface area contributed by atoms with Crippen molar-refractivity contribution in [3.05, 3.63) is 53.1 Å². The number of anilines is 1. The third-order valence-corrected chi connectivity index (χ3v) is 4.99. The van der Waals surface area contributed by atoms with Crippen molar-refractivity contribution >= 4 is 23.2 Å². The number of methoxy groups -OCH3 is 2. The van der Waals surface area contributed by atoms with Gasteiger partial charge in [0, 0.05) is 23.6 Å². The standard InChI is InChI=1S/C20H17ClFN3O4/c1-27-16-6-3-11(7-17(16)28-2)19-23-20(29-24-19)12-8-18(26)25(10-12)15-9-13(21)4-5-14(15)22/h3-7,9,12H,8,10H2,1-2H3. The minimum atomic E-state index is -0.514. The highest BCUT2D eigenvalue weighted by Crippen LogP contribution is 2.35. The van der Waals surface area contributed by atoms with Crippen molar-refractivity contribution < 1.29 is 23.2 Å². The minimum Gasteiger partial charge on any atom is -0.493 e. The van der Waals surface area contributed by atoms with Gasteiger partial charge in [0.05, 0.1) is 25.8 Å². The molecule has 1 fully saturated rings. The molecule has 1 aliphatic heterocycles. The lowest BCUT2D eigenvalue weighted by Gasteiger charge is -2.17. The second kappa shape index (κ2) is 7.71. The zero-order valence-corrected chi connectivity index (χ0v) is 16.4. The smallest absolute Gasteiger partial charge is 0.232 e. The largest absolute Gasteiger partial charge is 0.493 e. The van der Waals surface area contributed by atoms with Crippen LogP contribution in [-0.4, -0.2) is 36.8 Å². The first kappa shape index (κ1) is 19.2. The zero-order valence-electron chi connectivity index (χ0n) is 15.7. The van der Waals surface area contributed by atoms with E-state index in [1.807, 2.05) is 0 Å². The second-order valence-corrected chi connectivity index (χ2v) is 6.96. The van der Waals surface area contributed by atoms with Crippen LogP contribution in [0.5, 0.6) is 11.5 Å². The van der Waals surface area contributed by atoms with Crippen molar-refractivity contribution in [3.63, 3.8) is 0 Å². The van der Waals surface area contributed by atoms with E-state index in [1.165, 1.54) is 30.2 Å². The average molecular weight is 418 g/mol. The summed E-state index contributed by atoms with van der Waals surface area (Å²) in [5.41, 5.74) is 0.823. The Bertz CT molecular complexity index is 1070. The number of rotatable bonds is 5. The molecule has 0 bridgehead atoms. The first-order valence-electron chi connectivity index (χ1n) is 8.81. The van der Waals surface area contributed by atoms with Crippen LogP contribution in [0.2, 0.25) is 5.02 Å². The lowest BCUT2D eigenvalue weighted by atomic mass is 10.1. The Morgan fingerprint density at radius 2 is 1.97 bits per heavy atom. The molecule has 2 heterocycles. The Hall–Kier alpha value is -3.13. The van der Waals surface area contributed by atoms with E-state index >= 15 is 0 Å². The van der Waals surface area contributed by atoms with Crippen LogP contribution in [-0.2, 0) is 4.79 Å².